The predicted octanol–water partition coefficient (Wildman–Crippen LogP) is 6.14. The zero-order chi connectivity index (χ0) is 48.6. The Bertz CT molecular complexity index is 2480. The van der Waals surface area contributed by atoms with Gasteiger partial charge in [-0.3, -0.25) is 19.2 Å². The van der Waals surface area contributed by atoms with Crippen molar-refractivity contribution in [3.05, 3.63) is 130 Å². The summed E-state index contributed by atoms with van der Waals surface area (Å²) in [6.07, 6.45) is -7.18. The van der Waals surface area contributed by atoms with E-state index in [1.54, 1.807) is 120 Å². The van der Waals surface area contributed by atoms with Crippen LogP contribution in [0.2, 0.25) is 0 Å². The molecule has 1 saturated heterocycles. The van der Waals surface area contributed by atoms with E-state index in [9.17, 15) is 29.1 Å². The second kappa shape index (κ2) is 19.0. The molecule has 2 saturated carbocycles. The van der Waals surface area contributed by atoms with Crippen molar-refractivity contribution in [2.24, 2.45) is 22.7 Å². The van der Waals surface area contributed by atoms with Gasteiger partial charge >= 0.3 is 29.8 Å². The molecule has 1 amide bonds. The normalized spacial score (nSPS) is 29.4. The number of aliphatic hydroxyl groups is 1. The van der Waals surface area contributed by atoms with Crippen LogP contribution >= 0.6 is 0 Å². The zero-order valence-electron chi connectivity index (χ0n) is 38.8. The minimum absolute atomic E-state index is 0.106. The Morgan fingerprint density at radius 1 is 0.791 bits per heavy atom. The van der Waals surface area contributed by atoms with Crippen LogP contribution in [0.4, 0.5) is 0 Å². The Kier molecular flexibility index (Phi) is 13.8. The van der Waals surface area contributed by atoms with Gasteiger partial charge in [0.25, 0.3) is 0 Å². The quantitative estimate of drug-likeness (QED) is 0.0907. The molecule has 15 nitrogen and oxygen atoms in total. The summed E-state index contributed by atoms with van der Waals surface area (Å²) in [5, 5.41) is 15.0. The van der Waals surface area contributed by atoms with Gasteiger partial charge in [-0.2, -0.15) is 0 Å². The number of rotatable bonds is 12. The van der Waals surface area contributed by atoms with Crippen molar-refractivity contribution < 1.29 is 67.1 Å². The number of fused-ring (bicyclic) bond motifs is 5. The minimum atomic E-state index is -1.90. The third-order valence-corrected chi connectivity index (χ3v) is 14.3. The Morgan fingerprint density at radius 3 is 1.91 bits per heavy atom. The first-order valence-corrected chi connectivity index (χ1v) is 22.4. The van der Waals surface area contributed by atoms with Crippen LogP contribution < -0.4 is 5.32 Å². The summed E-state index contributed by atoms with van der Waals surface area (Å²) in [6, 6.07) is 23.3. The summed E-state index contributed by atoms with van der Waals surface area (Å²) in [5.41, 5.74) is -3.17. The van der Waals surface area contributed by atoms with Crippen molar-refractivity contribution in [1.82, 2.24) is 5.32 Å². The third-order valence-electron chi connectivity index (χ3n) is 14.3. The van der Waals surface area contributed by atoms with Gasteiger partial charge in [0.05, 0.1) is 35.2 Å². The van der Waals surface area contributed by atoms with Crippen LogP contribution in [0.3, 0.4) is 0 Å². The van der Waals surface area contributed by atoms with Gasteiger partial charge in [-0.05, 0) is 80.5 Å². The fourth-order valence-electron chi connectivity index (χ4n) is 10.7. The lowest BCUT2D eigenvalue weighted by Crippen LogP contribution is -2.79. The SMILES string of the molecule is C/C=C(\C)C(=O)N[C@@H](c1ccccc1)[C@@H](OC(=O)c1ccccc1)C(=O)O[C@H]1CC2[C@@H](OC(=O)c3ccccc3)[C@@H]3[C@]4(OC(C)=O)CO[C@@H]4C[C@H](O)[C@@]3(C)C(=O)[C@H](OC(C)=O)C(=C1C)C2(C)C. The van der Waals surface area contributed by atoms with Crippen LogP contribution in [0.15, 0.2) is 114 Å². The molecule has 11 atom stereocenters. The standard InChI is InChI=1S/C52H57NO14/c1-9-28(2)46(58)53-40(32-19-13-10-14-20-32)43(66-48(60)34-23-17-12-18-24-34)49(61)64-36-25-35-41(65-47(59)33-21-15-11-16-22-33)44-51(8,37(56)26-38-52(44,27-62-38)67-31(5)55)45(57)42(63-30(4)54)39(29(36)3)50(35,6)7/h9-24,35-38,40-44,56H,25-27H2,1-8H3,(H,53,58)/b28-9+/t35?,36-,37-,38+,40-,41+,42+,43+,44-,51+,52-/m0/s1. The lowest BCUT2D eigenvalue weighted by atomic mass is 9.46. The molecule has 0 aromatic heterocycles. The number of nitrogens with one attached hydrogen (secondary N) is 1. The molecule has 4 aliphatic rings. The second-order valence-electron chi connectivity index (χ2n) is 18.6. The van der Waals surface area contributed by atoms with E-state index >= 15 is 9.59 Å². The maximum absolute atomic E-state index is 15.7. The Labute approximate surface area is 389 Å². The first-order valence-electron chi connectivity index (χ1n) is 22.4. The van der Waals surface area contributed by atoms with Gasteiger partial charge in [-0.25, -0.2) is 14.4 Å². The smallest absolute Gasteiger partial charge is 0.350 e. The molecule has 1 heterocycles. The Hall–Kier alpha value is -6.45. The number of benzene rings is 3. The maximum atomic E-state index is 15.7. The number of hydrogen-bond acceptors (Lipinski definition) is 14. The number of allylic oxidation sites excluding steroid dienone is 1. The summed E-state index contributed by atoms with van der Waals surface area (Å²) >= 11 is 0. The summed E-state index contributed by atoms with van der Waals surface area (Å²) in [7, 11) is 0. The van der Waals surface area contributed by atoms with Gasteiger partial charge < -0.3 is 38.8 Å². The number of ether oxygens (including phenoxy) is 6. The summed E-state index contributed by atoms with van der Waals surface area (Å²) < 4.78 is 37.2. The minimum Gasteiger partial charge on any atom is -0.458 e. The molecule has 3 aromatic carbocycles. The molecule has 1 aliphatic heterocycles. The highest BCUT2D eigenvalue weighted by atomic mass is 16.6. The maximum Gasteiger partial charge on any atom is 0.350 e. The third kappa shape index (κ3) is 8.94. The zero-order valence-corrected chi connectivity index (χ0v) is 38.8. The second-order valence-corrected chi connectivity index (χ2v) is 18.6. The van der Waals surface area contributed by atoms with Gasteiger partial charge in [0.1, 0.15) is 24.4 Å². The molecule has 3 fully saturated rings. The highest BCUT2D eigenvalue weighted by Gasteiger charge is 2.75. The van der Waals surface area contributed by atoms with Crippen molar-refractivity contribution in [3.8, 4) is 0 Å². The number of carbonyl (C=O) groups excluding carboxylic acids is 7. The van der Waals surface area contributed by atoms with E-state index in [0.717, 1.165) is 6.92 Å². The Balaban J connectivity index is 1.41. The van der Waals surface area contributed by atoms with Crippen LogP contribution in [0.25, 0.3) is 0 Å². The number of ketones is 1. The van der Waals surface area contributed by atoms with Gasteiger partial charge in [0.15, 0.2) is 17.5 Å². The highest BCUT2D eigenvalue weighted by Crippen LogP contribution is 2.63. The lowest BCUT2D eigenvalue weighted by Gasteiger charge is -2.66. The van der Waals surface area contributed by atoms with Gasteiger partial charge in [0, 0.05) is 31.8 Å². The van der Waals surface area contributed by atoms with E-state index in [2.05, 4.69) is 5.32 Å². The van der Waals surface area contributed by atoms with Crippen molar-refractivity contribution in [3.63, 3.8) is 0 Å². The first kappa shape index (κ1) is 48.5. The van der Waals surface area contributed by atoms with E-state index in [0.29, 0.717) is 16.7 Å². The number of carbonyl (C=O) groups is 7. The number of hydrogen-bond donors (Lipinski definition) is 2. The Morgan fingerprint density at radius 2 is 1.37 bits per heavy atom. The van der Waals surface area contributed by atoms with E-state index < -0.39 is 112 Å². The van der Waals surface area contributed by atoms with Crippen LogP contribution in [0.1, 0.15) is 101 Å². The van der Waals surface area contributed by atoms with Crippen molar-refractivity contribution >= 4 is 41.5 Å². The number of amides is 1. The number of aliphatic hydroxyl groups excluding tert-OH is 1. The number of Topliss-reactive ketones (excluding diaryl/α,β-unsaturated/α-hetero) is 1. The van der Waals surface area contributed by atoms with Crippen LogP contribution in [0.5, 0.6) is 0 Å². The lowest BCUT2D eigenvalue weighted by molar-refractivity contribution is -0.335. The first-order chi connectivity index (χ1) is 31.8. The van der Waals surface area contributed by atoms with E-state index in [-0.39, 0.29) is 36.1 Å². The van der Waals surface area contributed by atoms with E-state index in [1.165, 1.54) is 26.0 Å². The summed E-state index contributed by atoms with van der Waals surface area (Å²) in [6.45, 7) is 12.1. The molecule has 7 rings (SSSR count). The van der Waals surface area contributed by atoms with Crippen LogP contribution in [-0.2, 0) is 52.4 Å². The monoisotopic (exact) mass is 919 g/mol. The molecule has 3 aliphatic carbocycles. The van der Waals surface area contributed by atoms with Crippen molar-refractivity contribution in [2.75, 3.05) is 6.61 Å². The van der Waals surface area contributed by atoms with E-state index in [1.807, 2.05) is 0 Å². The van der Waals surface area contributed by atoms with Crippen molar-refractivity contribution in [2.45, 2.75) is 116 Å². The van der Waals surface area contributed by atoms with Crippen molar-refractivity contribution in [1.29, 1.82) is 0 Å². The molecule has 2 N–H and O–H groups in total. The number of esters is 5. The summed E-state index contributed by atoms with van der Waals surface area (Å²) in [4.78, 5) is 98.9. The largest absolute Gasteiger partial charge is 0.458 e. The van der Waals surface area contributed by atoms with Gasteiger partial charge in [0.2, 0.25) is 12.0 Å². The van der Waals surface area contributed by atoms with Gasteiger partial charge in [-0.15, -0.1) is 0 Å². The molecule has 15 heteroatoms. The highest BCUT2D eigenvalue weighted by molar-refractivity contribution is 5.96. The van der Waals surface area contributed by atoms with Crippen LogP contribution in [0, 0.1) is 22.7 Å². The summed E-state index contributed by atoms with van der Waals surface area (Å²) in [5.74, 6) is -7.83. The topological polar surface area (TPSA) is 207 Å². The molecule has 2 bridgehead atoms. The fourth-order valence-corrected chi connectivity index (χ4v) is 10.7. The molecular formula is C52H57NO14. The fraction of sp³-hybridized carbons (Fsp3) is 0.442. The predicted molar refractivity (Wildman–Crippen MR) is 240 cm³/mol. The molecule has 3 aromatic rings. The molecule has 0 radical (unpaired) electrons. The van der Waals surface area contributed by atoms with Gasteiger partial charge in [-0.1, -0.05) is 86.7 Å². The average molecular weight is 920 g/mol. The molecular weight excluding hydrogens is 863 g/mol. The van der Waals surface area contributed by atoms with E-state index in [4.69, 9.17) is 28.4 Å². The molecule has 1 unspecified atom stereocenters. The molecule has 354 valence electrons. The average Bonchev–Trinajstić information content (AvgIpc) is 3.30. The van der Waals surface area contributed by atoms with Crippen LogP contribution in [-0.4, -0.2) is 95.5 Å². The molecule has 0 spiro atoms. The molecule has 67 heavy (non-hydrogen) atoms.